The number of aromatic nitrogens is 4. The van der Waals surface area contributed by atoms with E-state index >= 15 is 0 Å². The largest absolute Gasteiger partial charge is 0.395 e. The smallest absolute Gasteiger partial charge is 0.273 e. The summed E-state index contributed by atoms with van der Waals surface area (Å²) in [5.74, 6) is 0.227. The third-order valence-corrected chi connectivity index (χ3v) is 5.56. The van der Waals surface area contributed by atoms with Crippen molar-refractivity contribution in [3.63, 3.8) is 0 Å². The minimum absolute atomic E-state index is 0.0615. The number of carbonyl (C=O) groups is 1. The Balaban J connectivity index is 1.77. The van der Waals surface area contributed by atoms with Crippen molar-refractivity contribution in [3.8, 4) is 0 Å². The van der Waals surface area contributed by atoms with Crippen LogP contribution in [0, 0.1) is 0 Å². The lowest BCUT2D eigenvalue weighted by Crippen LogP contribution is -2.39. The van der Waals surface area contributed by atoms with Crippen LogP contribution < -0.4 is 0 Å². The third-order valence-electron chi connectivity index (χ3n) is 5.56. The third kappa shape index (κ3) is 3.62. The van der Waals surface area contributed by atoms with Gasteiger partial charge in [0.2, 0.25) is 0 Å². The summed E-state index contributed by atoms with van der Waals surface area (Å²) in [5.41, 5.74) is 3.42. The molecule has 1 amide bonds. The summed E-state index contributed by atoms with van der Waals surface area (Å²) in [6.07, 6.45) is 4.36. The van der Waals surface area contributed by atoms with Crippen LogP contribution >= 0.6 is 0 Å². The Hall–Kier alpha value is -2.80. The van der Waals surface area contributed by atoms with Crippen molar-refractivity contribution in [1.82, 2.24) is 24.5 Å². The predicted molar refractivity (Wildman–Crippen MR) is 110 cm³/mol. The highest BCUT2D eigenvalue weighted by molar-refractivity contribution is 5.93. The van der Waals surface area contributed by atoms with Gasteiger partial charge in [0, 0.05) is 12.0 Å². The number of hydrogen-bond acceptors (Lipinski definition) is 5. The first-order chi connectivity index (χ1) is 13.9. The van der Waals surface area contributed by atoms with Gasteiger partial charge in [0.1, 0.15) is 12.0 Å². The zero-order chi connectivity index (χ0) is 20.6. The lowest BCUT2D eigenvalue weighted by molar-refractivity contribution is 0.0604. The topological polar surface area (TPSA) is 83.6 Å². The summed E-state index contributed by atoms with van der Waals surface area (Å²) in [5, 5.41) is 14.0. The Morgan fingerprint density at radius 2 is 2.10 bits per heavy atom. The van der Waals surface area contributed by atoms with Gasteiger partial charge in [0.05, 0.1) is 18.3 Å². The van der Waals surface area contributed by atoms with Gasteiger partial charge in [-0.2, -0.15) is 10.1 Å². The minimum atomic E-state index is -0.233. The van der Waals surface area contributed by atoms with Gasteiger partial charge in [-0.15, -0.1) is 0 Å². The van der Waals surface area contributed by atoms with Gasteiger partial charge < -0.3 is 10.0 Å². The number of aliphatic hydroxyl groups excluding tert-OH is 1. The van der Waals surface area contributed by atoms with Gasteiger partial charge in [-0.1, -0.05) is 45.0 Å². The van der Waals surface area contributed by atoms with Gasteiger partial charge >= 0.3 is 0 Å². The van der Waals surface area contributed by atoms with Crippen LogP contribution in [0.5, 0.6) is 0 Å². The average molecular weight is 393 g/mol. The summed E-state index contributed by atoms with van der Waals surface area (Å²) in [7, 11) is 0. The van der Waals surface area contributed by atoms with Crippen molar-refractivity contribution in [3.05, 3.63) is 59.2 Å². The maximum absolute atomic E-state index is 13.6. The van der Waals surface area contributed by atoms with E-state index in [1.165, 1.54) is 17.5 Å². The molecule has 152 valence electrons. The molecule has 0 aliphatic heterocycles. The fourth-order valence-electron chi connectivity index (χ4n) is 4.16. The van der Waals surface area contributed by atoms with Crippen molar-refractivity contribution in [2.45, 2.75) is 51.5 Å². The first-order valence-electron chi connectivity index (χ1n) is 10.1. The molecule has 0 radical (unpaired) electrons. The molecule has 2 heterocycles. The van der Waals surface area contributed by atoms with Crippen LogP contribution in [-0.4, -0.2) is 48.6 Å². The second kappa shape index (κ2) is 7.55. The Kier molecular flexibility index (Phi) is 5.08. The number of nitrogens with zero attached hydrogens (tertiary/aromatic N) is 5. The Bertz CT molecular complexity index is 1040. The quantitative estimate of drug-likeness (QED) is 0.737. The molecule has 1 aromatic carbocycles. The van der Waals surface area contributed by atoms with E-state index in [1.54, 1.807) is 9.42 Å². The van der Waals surface area contributed by atoms with E-state index < -0.39 is 0 Å². The number of rotatable bonds is 4. The average Bonchev–Trinajstić information content (AvgIpc) is 3.18. The number of carbonyl (C=O) groups excluding carboxylic acids is 1. The number of fused-ring (bicyclic) bond motifs is 2. The molecule has 3 aromatic rings. The zero-order valence-corrected chi connectivity index (χ0v) is 17.2. The van der Waals surface area contributed by atoms with E-state index in [2.05, 4.69) is 48.0 Å². The number of hydrogen-bond donors (Lipinski definition) is 1. The molecule has 0 saturated heterocycles. The van der Waals surface area contributed by atoms with E-state index in [0.717, 1.165) is 25.0 Å². The molecule has 0 spiro atoms. The SMILES string of the molecule is CC(C)(C)c1cc(C(=O)N(CCO)[C@@H]2CCCc3ccccc32)nc2ncnn12. The van der Waals surface area contributed by atoms with Crippen molar-refractivity contribution in [1.29, 1.82) is 0 Å². The zero-order valence-electron chi connectivity index (χ0n) is 17.2. The van der Waals surface area contributed by atoms with Crippen molar-refractivity contribution in [2.24, 2.45) is 0 Å². The van der Waals surface area contributed by atoms with Crippen LogP contribution in [0.3, 0.4) is 0 Å². The summed E-state index contributed by atoms with van der Waals surface area (Å²) in [4.78, 5) is 24.0. The first-order valence-corrected chi connectivity index (χ1v) is 10.1. The van der Waals surface area contributed by atoms with Gasteiger partial charge in [0.25, 0.3) is 11.7 Å². The predicted octanol–water partition coefficient (Wildman–Crippen LogP) is 2.93. The Labute approximate surface area is 170 Å². The standard InChI is InChI=1S/C22H27N5O2/c1-22(2,3)19-13-17(25-21-23-14-24-27(19)21)20(29)26(11-12-28)18-10-6-8-15-7-4-5-9-16(15)18/h4-5,7,9,13-14,18,28H,6,8,10-12H2,1-3H3/t18-/m1/s1. The minimum Gasteiger partial charge on any atom is -0.395 e. The molecule has 0 fully saturated rings. The highest BCUT2D eigenvalue weighted by Crippen LogP contribution is 2.35. The van der Waals surface area contributed by atoms with Crippen LogP contribution in [0.4, 0.5) is 0 Å². The number of benzene rings is 1. The molecule has 7 nitrogen and oxygen atoms in total. The summed E-state index contributed by atoms with van der Waals surface area (Å²) in [6, 6.07) is 10.0. The molecule has 0 saturated carbocycles. The van der Waals surface area contributed by atoms with E-state index in [-0.39, 0.29) is 30.5 Å². The number of amides is 1. The molecular formula is C22H27N5O2. The van der Waals surface area contributed by atoms with Crippen LogP contribution in [-0.2, 0) is 11.8 Å². The molecule has 1 atom stereocenters. The van der Waals surface area contributed by atoms with Crippen molar-refractivity contribution < 1.29 is 9.90 Å². The van der Waals surface area contributed by atoms with Crippen molar-refractivity contribution >= 4 is 11.7 Å². The fourth-order valence-corrected chi connectivity index (χ4v) is 4.16. The molecule has 0 unspecified atom stereocenters. The second-order valence-electron chi connectivity index (χ2n) is 8.58. The second-order valence-corrected chi connectivity index (χ2v) is 8.58. The van der Waals surface area contributed by atoms with E-state index in [0.29, 0.717) is 11.5 Å². The maximum atomic E-state index is 13.6. The molecule has 7 heteroatoms. The molecular weight excluding hydrogens is 366 g/mol. The number of aryl methyl sites for hydroxylation is 1. The summed E-state index contributed by atoms with van der Waals surface area (Å²) < 4.78 is 1.68. The number of aliphatic hydroxyl groups is 1. The molecule has 29 heavy (non-hydrogen) atoms. The van der Waals surface area contributed by atoms with Crippen molar-refractivity contribution in [2.75, 3.05) is 13.2 Å². The monoisotopic (exact) mass is 393 g/mol. The van der Waals surface area contributed by atoms with Gasteiger partial charge in [0.15, 0.2) is 0 Å². The maximum Gasteiger partial charge on any atom is 0.273 e. The van der Waals surface area contributed by atoms with Crippen LogP contribution in [0.2, 0.25) is 0 Å². The van der Waals surface area contributed by atoms with Gasteiger partial charge in [-0.05, 0) is 36.5 Å². The summed E-state index contributed by atoms with van der Waals surface area (Å²) >= 11 is 0. The van der Waals surface area contributed by atoms with Gasteiger partial charge in [-0.3, -0.25) is 4.79 Å². The Morgan fingerprint density at radius 1 is 1.31 bits per heavy atom. The highest BCUT2D eigenvalue weighted by Gasteiger charge is 2.31. The first kappa shape index (κ1) is 19.5. The van der Waals surface area contributed by atoms with Crippen LogP contribution in [0.15, 0.2) is 36.7 Å². The summed E-state index contributed by atoms with van der Waals surface area (Å²) in [6.45, 7) is 6.38. The van der Waals surface area contributed by atoms with Gasteiger partial charge in [-0.25, -0.2) is 9.50 Å². The van der Waals surface area contributed by atoms with Crippen LogP contribution in [0.25, 0.3) is 5.78 Å². The van der Waals surface area contributed by atoms with E-state index in [9.17, 15) is 9.90 Å². The molecule has 1 aliphatic rings. The van der Waals surface area contributed by atoms with Crippen LogP contribution in [0.1, 0.15) is 67.0 Å². The lowest BCUT2D eigenvalue weighted by atomic mass is 9.86. The van der Waals surface area contributed by atoms with E-state index in [4.69, 9.17) is 0 Å². The molecule has 0 bridgehead atoms. The molecule has 2 aromatic heterocycles. The van der Waals surface area contributed by atoms with E-state index in [1.807, 2.05) is 18.2 Å². The Morgan fingerprint density at radius 3 is 2.86 bits per heavy atom. The molecule has 4 rings (SSSR count). The normalized spacial score (nSPS) is 16.6. The highest BCUT2D eigenvalue weighted by atomic mass is 16.3. The fraction of sp³-hybridized carbons (Fsp3) is 0.455. The molecule has 1 aliphatic carbocycles. The molecule has 1 N–H and O–H groups in total. The lowest BCUT2D eigenvalue weighted by Gasteiger charge is -2.35.